The average molecular weight is 962 g/mol. The number of anilines is 2. The lowest BCUT2D eigenvalue weighted by molar-refractivity contribution is 0.590. The number of nitrogens with one attached hydrogen (secondary N) is 1. The van der Waals surface area contributed by atoms with Crippen molar-refractivity contribution in [1.29, 1.82) is 0 Å². The molecule has 72 heavy (non-hydrogen) atoms. The molecule has 1 N–H and O–H groups in total. The second kappa shape index (κ2) is 15.4. The Morgan fingerprint density at radius 1 is 0.514 bits per heavy atom. The zero-order valence-electron chi connectivity index (χ0n) is 42.1. The van der Waals surface area contributed by atoms with E-state index in [1.807, 2.05) is 22.7 Å². The molecule has 0 amide bonds. The highest BCUT2D eigenvalue weighted by Gasteiger charge is 2.38. The third-order valence-electron chi connectivity index (χ3n) is 15.9. The summed E-state index contributed by atoms with van der Waals surface area (Å²) < 4.78 is 6.58. The molecule has 12 aromatic rings. The van der Waals surface area contributed by atoms with E-state index in [0.717, 1.165) is 11.4 Å². The van der Waals surface area contributed by atoms with Crippen LogP contribution in [0.3, 0.4) is 0 Å². The van der Waals surface area contributed by atoms with Gasteiger partial charge < -0.3 is 9.88 Å². The summed E-state index contributed by atoms with van der Waals surface area (Å²) in [6.45, 7) is 18.7. The van der Waals surface area contributed by atoms with E-state index in [1.165, 1.54) is 135 Å². The molecule has 0 spiro atoms. The maximum atomic E-state index is 4.10. The van der Waals surface area contributed by atoms with Crippen LogP contribution < -0.4 is 16.2 Å². The van der Waals surface area contributed by atoms with Gasteiger partial charge in [-0.3, -0.25) is 0 Å². The normalized spacial score (nSPS) is 13.8. The first-order valence-corrected chi connectivity index (χ1v) is 27.0. The van der Waals surface area contributed by atoms with E-state index in [2.05, 4.69) is 248 Å². The highest BCUT2D eigenvalue weighted by Crippen LogP contribution is 2.55. The monoisotopic (exact) mass is 961 g/mol. The Labute approximate surface area is 430 Å². The van der Waals surface area contributed by atoms with Gasteiger partial charge in [0.1, 0.15) is 0 Å². The van der Waals surface area contributed by atoms with Crippen LogP contribution in [0.4, 0.5) is 11.4 Å². The van der Waals surface area contributed by atoms with Crippen molar-refractivity contribution in [1.82, 2.24) is 4.57 Å². The number of nitrogens with zero attached hydrogens (tertiary/aromatic N) is 1. The molecule has 0 saturated heterocycles. The largest absolute Gasteiger partial charge is 0.355 e. The third-order valence-corrected chi connectivity index (χ3v) is 18.3. The van der Waals surface area contributed by atoms with Gasteiger partial charge in [0.05, 0.1) is 11.0 Å². The van der Waals surface area contributed by atoms with Crippen molar-refractivity contribution in [3.05, 3.63) is 198 Å². The van der Waals surface area contributed by atoms with Gasteiger partial charge in [0.2, 0.25) is 0 Å². The molecule has 347 valence electrons. The van der Waals surface area contributed by atoms with Crippen molar-refractivity contribution < 1.29 is 0 Å². The highest BCUT2D eigenvalue weighted by atomic mass is 32.1. The van der Waals surface area contributed by atoms with Gasteiger partial charge in [-0.1, -0.05) is 182 Å². The molecule has 0 fully saturated rings. The number of aromatic nitrogens is 1. The molecular formula is C67H54BN2S2. The van der Waals surface area contributed by atoms with Crippen LogP contribution in [0.15, 0.2) is 176 Å². The molecule has 0 bridgehead atoms. The molecule has 2 nitrogen and oxygen atoms in total. The predicted octanol–water partition coefficient (Wildman–Crippen LogP) is 18.0. The van der Waals surface area contributed by atoms with E-state index in [0.29, 0.717) is 0 Å². The molecule has 0 unspecified atom stereocenters. The molecule has 0 atom stereocenters. The quantitative estimate of drug-likeness (QED) is 0.170. The minimum Gasteiger partial charge on any atom is -0.355 e. The van der Waals surface area contributed by atoms with Crippen molar-refractivity contribution in [2.45, 2.75) is 71.6 Å². The smallest absolute Gasteiger partial charge is 0.198 e. The highest BCUT2D eigenvalue weighted by molar-refractivity contribution is 7.27. The van der Waals surface area contributed by atoms with Gasteiger partial charge >= 0.3 is 0 Å². The Hall–Kier alpha value is -7.18. The van der Waals surface area contributed by atoms with Crippen molar-refractivity contribution in [3.63, 3.8) is 0 Å². The van der Waals surface area contributed by atoms with Gasteiger partial charge in [-0.05, 0) is 121 Å². The maximum absolute atomic E-state index is 4.10. The SMILES string of the molecule is CC(C)(C)c1ccc(Nc2cc3c(cc2-c2c4c5c(c6cc(C(C)(C)C)ccc6n5-c5cc6c(-c7ccccc7)c(-c7ccccc7)sc6cc5[B]4)c4sc5ccccc5c24)-c2ccccc2C3(C)C)cc1. The van der Waals surface area contributed by atoms with Crippen molar-refractivity contribution in [2.24, 2.45) is 0 Å². The number of fused-ring (bicyclic) bond motifs is 13. The van der Waals surface area contributed by atoms with Gasteiger partial charge in [-0.2, -0.15) is 0 Å². The number of thiophene rings is 2. The number of rotatable bonds is 5. The summed E-state index contributed by atoms with van der Waals surface area (Å²) in [6, 6.07) is 66.7. The van der Waals surface area contributed by atoms with Gasteiger partial charge in [-0.15, -0.1) is 22.7 Å². The van der Waals surface area contributed by atoms with Crippen LogP contribution >= 0.6 is 22.7 Å². The zero-order chi connectivity index (χ0) is 49.0. The Morgan fingerprint density at radius 2 is 1.19 bits per heavy atom. The van der Waals surface area contributed by atoms with E-state index < -0.39 is 0 Å². The molecule has 1 radical (unpaired) electrons. The lowest BCUT2D eigenvalue weighted by Gasteiger charge is -2.27. The second-order valence-electron chi connectivity index (χ2n) is 22.8. The molecule has 2 aliphatic rings. The van der Waals surface area contributed by atoms with Crippen LogP contribution in [0.25, 0.3) is 102 Å². The van der Waals surface area contributed by atoms with Gasteiger partial charge in [-0.25, -0.2) is 0 Å². The summed E-state index contributed by atoms with van der Waals surface area (Å²) in [5.74, 6) is 0. The fourth-order valence-corrected chi connectivity index (χ4v) is 14.7. The summed E-state index contributed by atoms with van der Waals surface area (Å²) in [6.07, 6.45) is 0. The molecule has 5 heteroatoms. The molecule has 1 aliphatic heterocycles. The standard InChI is InChI=1S/C67H54BN2S2/c1-65(2,3)40-27-30-42(31-28-40)69-52-36-50-45(43-23-15-17-25-49(43)67(50,7)8)34-46(52)58-59-44-24-16-18-26-55(44)71-64(59)60-47-33-41(66(4,5)6)29-32-53(47)70-54-35-48-56(37-51(54)68-61(58)62(60)70)72-63(39-21-13-10-14-22-39)57(48)38-19-11-9-12-20-38/h9-37,69H,1-8H3. The number of benzene rings is 9. The lowest BCUT2D eigenvalue weighted by Crippen LogP contribution is -2.37. The molecule has 14 rings (SSSR count). The first-order chi connectivity index (χ1) is 34.7. The molecule has 3 aromatic heterocycles. The van der Waals surface area contributed by atoms with Crippen LogP contribution in [0.2, 0.25) is 0 Å². The molecular weight excluding hydrogens is 908 g/mol. The molecule has 0 saturated carbocycles. The zero-order valence-corrected chi connectivity index (χ0v) is 43.7. The minimum atomic E-state index is -0.175. The lowest BCUT2D eigenvalue weighted by atomic mass is 9.58. The molecule has 1 aliphatic carbocycles. The summed E-state index contributed by atoms with van der Waals surface area (Å²) in [5.41, 5.74) is 22.6. The molecule has 4 heterocycles. The van der Waals surface area contributed by atoms with E-state index in [1.54, 1.807) is 0 Å². The summed E-state index contributed by atoms with van der Waals surface area (Å²) in [5, 5.41) is 10.7. The van der Waals surface area contributed by atoms with Gasteiger partial charge in [0.15, 0.2) is 7.28 Å². The Morgan fingerprint density at radius 3 is 1.94 bits per heavy atom. The number of hydrogen-bond acceptors (Lipinski definition) is 3. The van der Waals surface area contributed by atoms with Gasteiger partial charge in [0.25, 0.3) is 0 Å². The summed E-state index contributed by atoms with van der Waals surface area (Å²) in [7, 11) is 2.55. The van der Waals surface area contributed by atoms with E-state index in [4.69, 9.17) is 0 Å². The Balaban J connectivity index is 1.14. The van der Waals surface area contributed by atoms with Crippen molar-refractivity contribution in [3.8, 4) is 49.5 Å². The maximum Gasteiger partial charge on any atom is 0.198 e. The predicted molar refractivity (Wildman–Crippen MR) is 315 cm³/mol. The van der Waals surface area contributed by atoms with Crippen LogP contribution in [0.5, 0.6) is 0 Å². The Bertz CT molecular complexity index is 4230. The second-order valence-corrected chi connectivity index (χ2v) is 24.9. The van der Waals surface area contributed by atoms with E-state index in [-0.39, 0.29) is 16.2 Å². The van der Waals surface area contributed by atoms with Gasteiger partial charge in [0, 0.05) is 79.5 Å². The van der Waals surface area contributed by atoms with Crippen LogP contribution in [0.1, 0.15) is 77.6 Å². The van der Waals surface area contributed by atoms with Crippen LogP contribution in [-0.4, -0.2) is 11.8 Å². The van der Waals surface area contributed by atoms with Crippen LogP contribution in [0, 0.1) is 0 Å². The minimum absolute atomic E-state index is 0.0315. The first-order valence-electron chi connectivity index (χ1n) is 25.4. The average Bonchev–Trinajstić information content (AvgIpc) is 4.11. The first kappa shape index (κ1) is 43.6. The topological polar surface area (TPSA) is 17.0 Å². The fraction of sp³-hybridized carbons (Fsp3) is 0.164. The Kier molecular flexibility index (Phi) is 9.34. The fourth-order valence-electron chi connectivity index (χ4n) is 12.2. The van der Waals surface area contributed by atoms with Crippen LogP contribution in [-0.2, 0) is 16.2 Å². The van der Waals surface area contributed by atoms with Crippen molar-refractivity contribution in [2.75, 3.05) is 5.32 Å². The van der Waals surface area contributed by atoms with E-state index in [9.17, 15) is 0 Å². The van der Waals surface area contributed by atoms with Crippen molar-refractivity contribution >= 4 is 104 Å². The molecule has 9 aromatic carbocycles. The summed E-state index contributed by atoms with van der Waals surface area (Å²) >= 11 is 3.86. The number of hydrogen-bond donors (Lipinski definition) is 1. The summed E-state index contributed by atoms with van der Waals surface area (Å²) in [4.78, 5) is 1.30. The van der Waals surface area contributed by atoms with E-state index >= 15 is 0 Å². The third kappa shape index (κ3) is 6.39.